The van der Waals surface area contributed by atoms with Gasteiger partial charge in [-0.15, -0.1) is 11.3 Å². The first-order valence-electron chi connectivity index (χ1n) is 4.78. The Kier molecular flexibility index (Phi) is 3.29. The highest BCUT2D eigenvalue weighted by Crippen LogP contribution is 2.23. The summed E-state index contributed by atoms with van der Waals surface area (Å²) in [5.74, 6) is 0. The minimum Gasteiger partial charge on any atom is -0.379 e. The van der Waals surface area contributed by atoms with Gasteiger partial charge in [-0.2, -0.15) is 0 Å². The van der Waals surface area contributed by atoms with Gasteiger partial charge >= 0.3 is 0 Å². The molecule has 0 radical (unpaired) electrons. The summed E-state index contributed by atoms with van der Waals surface area (Å²) >= 11 is 7.86. The Morgan fingerprint density at radius 3 is 2.87 bits per heavy atom. The van der Waals surface area contributed by atoms with Crippen LogP contribution in [0.3, 0.4) is 0 Å². The third-order valence-corrected chi connectivity index (χ3v) is 3.35. The van der Waals surface area contributed by atoms with Crippen LogP contribution < -0.4 is 5.32 Å². The first-order valence-corrected chi connectivity index (χ1v) is 6.04. The molecule has 3 heteroatoms. The fourth-order valence-corrected chi connectivity index (χ4v) is 2.31. The van der Waals surface area contributed by atoms with Crippen LogP contribution in [0.4, 0.5) is 5.69 Å². The van der Waals surface area contributed by atoms with Crippen LogP contribution in [0.1, 0.15) is 10.4 Å². The van der Waals surface area contributed by atoms with Crippen molar-refractivity contribution in [1.29, 1.82) is 0 Å². The van der Waals surface area contributed by atoms with Gasteiger partial charge in [0.15, 0.2) is 0 Å². The molecule has 0 atom stereocenters. The van der Waals surface area contributed by atoms with E-state index in [1.807, 2.05) is 19.1 Å². The van der Waals surface area contributed by atoms with Gasteiger partial charge in [0.2, 0.25) is 0 Å². The maximum Gasteiger partial charge on any atom is 0.0640 e. The monoisotopic (exact) mass is 237 g/mol. The number of rotatable bonds is 3. The number of hydrogen-bond acceptors (Lipinski definition) is 2. The molecule has 0 saturated carbocycles. The molecule has 1 aromatic heterocycles. The van der Waals surface area contributed by atoms with Gasteiger partial charge in [0.1, 0.15) is 0 Å². The molecule has 2 rings (SSSR count). The SMILES string of the molecule is Cc1ccc(NCc2cccs2)c(Cl)c1. The van der Waals surface area contributed by atoms with Crippen molar-refractivity contribution in [2.24, 2.45) is 0 Å². The molecule has 1 aromatic carbocycles. The summed E-state index contributed by atoms with van der Waals surface area (Å²) in [5.41, 5.74) is 2.18. The first kappa shape index (κ1) is 10.5. The third kappa shape index (κ3) is 2.74. The van der Waals surface area contributed by atoms with E-state index in [0.29, 0.717) is 0 Å². The first-order chi connectivity index (χ1) is 7.25. The average Bonchev–Trinajstić information content (AvgIpc) is 2.69. The Balaban J connectivity index is 2.05. The topological polar surface area (TPSA) is 12.0 Å². The molecule has 1 N–H and O–H groups in total. The zero-order valence-corrected chi connectivity index (χ0v) is 10.0. The molecule has 1 heterocycles. The molecule has 1 nitrogen and oxygen atoms in total. The van der Waals surface area contributed by atoms with Crippen molar-refractivity contribution in [2.75, 3.05) is 5.32 Å². The van der Waals surface area contributed by atoms with Crippen LogP contribution in [0.15, 0.2) is 35.7 Å². The predicted octanol–water partition coefficient (Wildman–Crippen LogP) is 4.32. The van der Waals surface area contributed by atoms with Crippen LogP contribution in [0.2, 0.25) is 5.02 Å². The Morgan fingerprint density at radius 1 is 1.33 bits per heavy atom. The van der Waals surface area contributed by atoms with Crippen molar-refractivity contribution in [1.82, 2.24) is 0 Å². The Labute approximate surface area is 98.7 Å². The summed E-state index contributed by atoms with van der Waals surface area (Å²) in [5, 5.41) is 6.18. The maximum absolute atomic E-state index is 6.11. The predicted molar refractivity (Wildman–Crippen MR) is 67.8 cm³/mol. The van der Waals surface area contributed by atoms with Crippen LogP contribution in [0.25, 0.3) is 0 Å². The fourth-order valence-electron chi connectivity index (χ4n) is 1.36. The van der Waals surface area contributed by atoms with E-state index in [9.17, 15) is 0 Å². The molecule has 0 unspecified atom stereocenters. The van der Waals surface area contributed by atoms with Crippen LogP contribution in [0.5, 0.6) is 0 Å². The van der Waals surface area contributed by atoms with E-state index in [0.717, 1.165) is 17.3 Å². The Bertz CT molecular complexity index is 437. The lowest BCUT2D eigenvalue weighted by atomic mass is 10.2. The zero-order valence-electron chi connectivity index (χ0n) is 8.46. The zero-order chi connectivity index (χ0) is 10.7. The van der Waals surface area contributed by atoms with E-state index in [1.165, 1.54) is 10.4 Å². The van der Waals surface area contributed by atoms with E-state index in [4.69, 9.17) is 11.6 Å². The second kappa shape index (κ2) is 4.69. The molecule has 15 heavy (non-hydrogen) atoms. The van der Waals surface area contributed by atoms with Crippen molar-refractivity contribution >= 4 is 28.6 Å². The summed E-state index contributed by atoms with van der Waals surface area (Å²) in [6.07, 6.45) is 0. The van der Waals surface area contributed by atoms with E-state index < -0.39 is 0 Å². The second-order valence-electron chi connectivity index (χ2n) is 3.42. The largest absolute Gasteiger partial charge is 0.379 e. The Morgan fingerprint density at radius 2 is 2.20 bits per heavy atom. The van der Waals surface area contributed by atoms with Crippen LogP contribution in [-0.4, -0.2) is 0 Å². The molecule has 0 bridgehead atoms. The lowest BCUT2D eigenvalue weighted by Crippen LogP contribution is -1.97. The molecule has 0 aliphatic carbocycles. The lowest BCUT2D eigenvalue weighted by molar-refractivity contribution is 1.19. The quantitative estimate of drug-likeness (QED) is 0.838. The third-order valence-electron chi connectivity index (χ3n) is 2.16. The number of nitrogens with one attached hydrogen (secondary N) is 1. The normalized spacial score (nSPS) is 10.3. The summed E-state index contributed by atoms with van der Waals surface area (Å²) < 4.78 is 0. The lowest BCUT2D eigenvalue weighted by Gasteiger charge is -2.07. The standard InChI is InChI=1S/C12H12ClNS/c1-9-4-5-12(11(13)7-9)14-8-10-3-2-6-15-10/h2-7,14H,8H2,1H3. The van der Waals surface area contributed by atoms with E-state index >= 15 is 0 Å². The molecule has 0 fully saturated rings. The number of halogens is 1. The number of hydrogen-bond donors (Lipinski definition) is 1. The minimum absolute atomic E-state index is 0.784. The van der Waals surface area contributed by atoms with Crippen LogP contribution in [0, 0.1) is 6.92 Å². The molecule has 0 saturated heterocycles. The van der Waals surface area contributed by atoms with Crippen molar-refractivity contribution < 1.29 is 0 Å². The van der Waals surface area contributed by atoms with Gasteiger partial charge in [-0.05, 0) is 36.1 Å². The van der Waals surface area contributed by atoms with Crippen molar-refractivity contribution in [3.05, 3.63) is 51.2 Å². The summed E-state index contributed by atoms with van der Waals surface area (Å²) in [6.45, 7) is 2.87. The van der Waals surface area contributed by atoms with Gasteiger partial charge in [0, 0.05) is 11.4 Å². The van der Waals surface area contributed by atoms with Crippen LogP contribution in [-0.2, 0) is 6.54 Å². The van der Waals surface area contributed by atoms with E-state index in [1.54, 1.807) is 11.3 Å². The number of benzene rings is 1. The van der Waals surface area contributed by atoms with Gasteiger partial charge in [0.25, 0.3) is 0 Å². The second-order valence-corrected chi connectivity index (χ2v) is 4.86. The average molecular weight is 238 g/mol. The van der Waals surface area contributed by atoms with Gasteiger partial charge in [-0.1, -0.05) is 23.7 Å². The summed E-state index contributed by atoms with van der Waals surface area (Å²) in [4.78, 5) is 1.31. The van der Waals surface area contributed by atoms with E-state index in [-0.39, 0.29) is 0 Å². The van der Waals surface area contributed by atoms with Crippen LogP contribution >= 0.6 is 22.9 Å². The number of thiophene rings is 1. The minimum atomic E-state index is 0.784. The van der Waals surface area contributed by atoms with Crippen molar-refractivity contribution in [2.45, 2.75) is 13.5 Å². The molecular weight excluding hydrogens is 226 g/mol. The number of anilines is 1. The number of aryl methyl sites for hydroxylation is 1. The molecule has 0 aliphatic rings. The highest BCUT2D eigenvalue weighted by Gasteiger charge is 2.00. The molecule has 0 amide bonds. The van der Waals surface area contributed by atoms with Gasteiger partial charge in [-0.3, -0.25) is 0 Å². The molecule has 78 valence electrons. The smallest absolute Gasteiger partial charge is 0.0640 e. The maximum atomic E-state index is 6.11. The molecule has 0 aliphatic heterocycles. The summed E-state index contributed by atoms with van der Waals surface area (Å²) in [7, 11) is 0. The van der Waals surface area contributed by atoms with Gasteiger partial charge in [0.05, 0.1) is 10.7 Å². The molecule has 0 spiro atoms. The van der Waals surface area contributed by atoms with Gasteiger partial charge < -0.3 is 5.32 Å². The van der Waals surface area contributed by atoms with Crippen molar-refractivity contribution in [3.63, 3.8) is 0 Å². The molecule has 2 aromatic rings. The fraction of sp³-hybridized carbons (Fsp3) is 0.167. The van der Waals surface area contributed by atoms with Crippen molar-refractivity contribution in [3.8, 4) is 0 Å². The molecular formula is C12H12ClNS. The highest BCUT2D eigenvalue weighted by molar-refractivity contribution is 7.09. The summed E-state index contributed by atoms with van der Waals surface area (Å²) in [6, 6.07) is 10.2. The van der Waals surface area contributed by atoms with Gasteiger partial charge in [-0.25, -0.2) is 0 Å². The Hall–Kier alpha value is -0.990. The highest BCUT2D eigenvalue weighted by atomic mass is 35.5. The van der Waals surface area contributed by atoms with E-state index in [2.05, 4.69) is 28.9 Å².